The van der Waals surface area contributed by atoms with Crippen molar-refractivity contribution in [2.45, 2.75) is 6.92 Å². The van der Waals surface area contributed by atoms with E-state index in [4.69, 9.17) is 21.9 Å². The molecule has 0 saturated heterocycles. The van der Waals surface area contributed by atoms with Crippen LogP contribution in [0.25, 0.3) is 22.5 Å². The summed E-state index contributed by atoms with van der Waals surface area (Å²) in [5.74, 6) is -0.134. The maximum absolute atomic E-state index is 11.7. The van der Waals surface area contributed by atoms with E-state index in [9.17, 15) is 4.79 Å². The summed E-state index contributed by atoms with van der Waals surface area (Å²) < 4.78 is 5.31. The Morgan fingerprint density at radius 2 is 2.05 bits per heavy atom. The van der Waals surface area contributed by atoms with E-state index in [2.05, 4.69) is 5.16 Å². The van der Waals surface area contributed by atoms with Crippen LogP contribution in [0.1, 0.15) is 15.4 Å². The summed E-state index contributed by atoms with van der Waals surface area (Å²) in [5, 5.41) is 6.12. The van der Waals surface area contributed by atoms with Gasteiger partial charge in [-0.05, 0) is 12.5 Å². The Morgan fingerprint density at radius 3 is 2.62 bits per heavy atom. The number of carbonyl (C=O) groups is 1. The molecule has 0 spiro atoms. The number of hydrogen-bond donors (Lipinski definition) is 1. The van der Waals surface area contributed by atoms with Crippen molar-refractivity contribution in [3.05, 3.63) is 51.3 Å². The number of amides is 1. The third-order valence-corrected chi connectivity index (χ3v) is 4.56. The first-order valence-corrected chi connectivity index (χ1v) is 7.44. The lowest BCUT2D eigenvalue weighted by Gasteiger charge is -2.04. The van der Waals surface area contributed by atoms with Gasteiger partial charge in [-0.25, -0.2) is 0 Å². The van der Waals surface area contributed by atoms with Crippen molar-refractivity contribution < 1.29 is 9.32 Å². The third kappa shape index (κ3) is 2.34. The van der Waals surface area contributed by atoms with Gasteiger partial charge in [-0.3, -0.25) is 4.79 Å². The van der Waals surface area contributed by atoms with Gasteiger partial charge in [0.25, 0.3) is 5.91 Å². The average Bonchev–Trinajstić information content (AvgIpc) is 3.05. The van der Waals surface area contributed by atoms with Crippen molar-refractivity contribution >= 4 is 28.8 Å². The second-order valence-electron chi connectivity index (χ2n) is 4.49. The zero-order valence-electron chi connectivity index (χ0n) is 11.1. The fourth-order valence-corrected chi connectivity index (χ4v) is 3.20. The zero-order valence-corrected chi connectivity index (χ0v) is 12.7. The topological polar surface area (TPSA) is 69.1 Å². The summed E-state index contributed by atoms with van der Waals surface area (Å²) in [6.45, 7) is 1.74. The highest BCUT2D eigenvalue weighted by Gasteiger charge is 2.25. The second kappa shape index (κ2) is 5.35. The molecule has 0 saturated carbocycles. The number of aromatic nitrogens is 1. The molecule has 3 rings (SSSR count). The van der Waals surface area contributed by atoms with E-state index >= 15 is 0 Å². The van der Waals surface area contributed by atoms with E-state index in [1.54, 1.807) is 6.92 Å². The monoisotopic (exact) mass is 318 g/mol. The number of nitrogens with zero attached hydrogens (tertiary/aromatic N) is 1. The predicted octanol–water partition coefficient (Wildman–Crippen LogP) is 4.13. The van der Waals surface area contributed by atoms with Crippen molar-refractivity contribution in [1.82, 2.24) is 5.16 Å². The zero-order chi connectivity index (χ0) is 15.0. The maximum Gasteiger partial charge on any atom is 0.259 e. The van der Waals surface area contributed by atoms with Crippen LogP contribution in [0.2, 0.25) is 5.02 Å². The molecule has 0 atom stereocenters. The minimum atomic E-state index is -0.512. The molecule has 6 heteroatoms. The number of nitrogens with two attached hydrogens (primary N) is 1. The lowest BCUT2D eigenvalue weighted by molar-refractivity contribution is 0.100. The summed E-state index contributed by atoms with van der Waals surface area (Å²) in [4.78, 5) is 12.1. The lowest BCUT2D eigenvalue weighted by Crippen LogP contribution is -2.10. The minimum Gasteiger partial charge on any atom is -0.365 e. The van der Waals surface area contributed by atoms with Crippen LogP contribution in [0.15, 0.2) is 40.2 Å². The SMILES string of the molecule is Cc1noc(-c2c(-c3ccccc3)csc2C(N)=O)c1Cl. The molecule has 1 amide bonds. The van der Waals surface area contributed by atoms with Crippen LogP contribution in [0.5, 0.6) is 0 Å². The molecule has 2 heterocycles. The predicted molar refractivity (Wildman–Crippen MR) is 83.5 cm³/mol. The summed E-state index contributed by atoms with van der Waals surface area (Å²) in [7, 11) is 0. The molecule has 0 radical (unpaired) electrons. The van der Waals surface area contributed by atoms with Crippen molar-refractivity contribution in [2.24, 2.45) is 5.73 Å². The quantitative estimate of drug-likeness (QED) is 0.789. The molecule has 0 aliphatic heterocycles. The number of aryl methyl sites for hydroxylation is 1. The smallest absolute Gasteiger partial charge is 0.259 e. The molecule has 0 aliphatic rings. The van der Waals surface area contributed by atoms with Crippen LogP contribution in [-0.4, -0.2) is 11.1 Å². The standard InChI is InChI=1S/C15H11ClN2O2S/c1-8-12(16)13(20-18-8)11-10(7-21-14(11)15(17)19)9-5-3-2-4-6-9/h2-7H,1H3,(H2,17,19). The fourth-order valence-electron chi connectivity index (χ4n) is 2.11. The molecule has 21 heavy (non-hydrogen) atoms. The Labute approximate surface area is 130 Å². The molecule has 1 aromatic carbocycles. The second-order valence-corrected chi connectivity index (χ2v) is 5.75. The number of benzene rings is 1. The Hall–Kier alpha value is -2.11. The first-order chi connectivity index (χ1) is 10.1. The van der Waals surface area contributed by atoms with Gasteiger partial charge in [-0.2, -0.15) is 0 Å². The van der Waals surface area contributed by atoms with Gasteiger partial charge < -0.3 is 10.3 Å². The lowest BCUT2D eigenvalue weighted by atomic mass is 10.0. The van der Waals surface area contributed by atoms with Gasteiger partial charge in [0.1, 0.15) is 9.90 Å². The number of primary amides is 1. The minimum absolute atomic E-state index is 0.378. The molecule has 2 N–H and O–H groups in total. The van der Waals surface area contributed by atoms with Crippen LogP contribution in [0, 0.1) is 6.92 Å². The van der Waals surface area contributed by atoms with Crippen LogP contribution in [0.4, 0.5) is 0 Å². The summed E-state index contributed by atoms with van der Waals surface area (Å²) >= 11 is 7.50. The number of rotatable bonds is 3. The average molecular weight is 319 g/mol. The number of hydrogen-bond acceptors (Lipinski definition) is 4. The van der Waals surface area contributed by atoms with E-state index in [0.29, 0.717) is 26.9 Å². The van der Waals surface area contributed by atoms with E-state index in [1.165, 1.54) is 11.3 Å². The van der Waals surface area contributed by atoms with Gasteiger partial charge in [0.15, 0.2) is 5.76 Å². The van der Waals surface area contributed by atoms with Gasteiger partial charge in [0.05, 0.1) is 11.3 Å². The summed E-state index contributed by atoms with van der Waals surface area (Å²) in [6.07, 6.45) is 0. The van der Waals surface area contributed by atoms with E-state index < -0.39 is 5.91 Å². The Bertz CT molecular complexity index is 808. The first-order valence-electron chi connectivity index (χ1n) is 6.18. The summed E-state index contributed by atoms with van der Waals surface area (Å²) in [6, 6.07) is 9.68. The van der Waals surface area contributed by atoms with Gasteiger partial charge in [0, 0.05) is 10.9 Å². The molecule has 4 nitrogen and oxygen atoms in total. The van der Waals surface area contributed by atoms with Crippen molar-refractivity contribution in [2.75, 3.05) is 0 Å². The van der Waals surface area contributed by atoms with Gasteiger partial charge in [-0.15, -0.1) is 11.3 Å². The molecule has 0 unspecified atom stereocenters. The molecule has 2 aromatic heterocycles. The fraction of sp³-hybridized carbons (Fsp3) is 0.0667. The third-order valence-electron chi connectivity index (χ3n) is 3.12. The van der Waals surface area contributed by atoms with Crippen molar-refractivity contribution in [3.63, 3.8) is 0 Å². The molecule has 3 aromatic rings. The number of halogens is 1. The molecular weight excluding hydrogens is 308 g/mol. The Kier molecular flexibility index (Phi) is 3.53. The normalized spacial score (nSPS) is 10.8. The summed E-state index contributed by atoms with van der Waals surface area (Å²) in [5.41, 5.74) is 8.46. The number of carbonyl (C=O) groups excluding carboxylic acids is 1. The van der Waals surface area contributed by atoms with Crippen molar-refractivity contribution in [3.8, 4) is 22.5 Å². The van der Waals surface area contributed by atoms with Crippen molar-refractivity contribution in [1.29, 1.82) is 0 Å². The highest BCUT2D eigenvalue weighted by atomic mass is 35.5. The van der Waals surface area contributed by atoms with E-state index in [-0.39, 0.29) is 0 Å². The largest absolute Gasteiger partial charge is 0.365 e. The van der Waals surface area contributed by atoms with E-state index in [1.807, 2.05) is 35.7 Å². The molecule has 0 fully saturated rings. The maximum atomic E-state index is 11.7. The van der Waals surface area contributed by atoms with E-state index in [0.717, 1.165) is 11.1 Å². The van der Waals surface area contributed by atoms with Crippen LogP contribution in [-0.2, 0) is 0 Å². The highest BCUT2D eigenvalue weighted by Crippen LogP contribution is 2.42. The molecule has 0 aliphatic carbocycles. The Balaban J connectivity index is 2.29. The molecule has 106 valence electrons. The van der Waals surface area contributed by atoms with Crippen LogP contribution >= 0.6 is 22.9 Å². The van der Waals surface area contributed by atoms with Gasteiger partial charge >= 0.3 is 0 Å². The Morgan fingerprint density at radius 1 is 1.33 bits per heavy atom. The van der Waals surface area contributed by atoms with Crippen LogP contribution < -0.4 is 5.73 Å². The van der Waals surface area contributed by atoms with Gasteiger partial charge in [-0.1, -0.05) is 47.1 Å². The molecular formula is C15H11ClN2O2S. The molecule has 0 bridgehead atoms. The van der Waals surface area contributed by atoms with Gasteiger partial charge in [0.2, 0.25) is 0 Å². The van der Waals surface area contributed by atoms with Crippen LogP contribution in [0.3, 0.4) is 0 Å². The number of thiophene rings is 1. The first kappa shape index (κ1) is 13.9. The highest BCUT2D eigenvalue weighted by molar-refractivity contribution is 7.13.